The summed E-state index contributed by atoms with van der Waals surface area (Å²) in [7, 11) is 0. The van der Waals surface area contributed by atoms with Crippen LogP contribution in [0.5, 0.6) is 0 Å². The Morgan fingerprint density at radius 2 is 2.09 bits per heavy atom. The normalized spacial score (nSPS) is 27.1. The van der Waals surface area contributed by atoms with Crippen LogP contribution in [0.1, 0.15) is 5.56 Å². The van der Waals surface area contributed by atoms with Crippen molar-refractivity contribution in [1.82, 2.24) is 0 Å². The van der Waals surface area contributed by atoms with Crippen molar-refractivity contribution < 1.29 is 5.11 Å². The van der Waals surface area contributed by atoms with Crippen LogP contribution in [0.3, 0.4) is 0 Å². The average Bonchev–Trinajstić information content (AvgIpc) is 2.29. The summed E-state index contributed by atoms with van der Waals surface area (Å²) in [6.07, 6.45) is 1.34. The molecule has 56 valence electrons. The molecule has 0 aromatic heterocycles. The van der Waals surface area contributed by atoms with E-state index in [1.54, 1.807) is 6.07 Å². The molecule has 1 unspecified atom stereocenters. The molecule has 0 fully saturated rings. The molecule has 1 aromatic carbocycles. The second kappa shape index (κ2) is 1.90. The number of hydrogen-bond acceptors (Lipinski definition) is 3. The number of rotatable bonds is 0. The third-order valence-electron chi connectivity index (χ3n) is 1.74. The van der Waals surface area contributed by atoms with Gasteiger partial charge in [-0.25, -0.2) is 0 Å². The molecule has 0 aliphatic carbocycles. The first-order chi connectivity index (χ1) is 5.20. The topological polar surface area (TPSA) is 58.6 Å². The fourth-order valence-electron chi connectivity index (χ4n) is 1.16. The lowest BCUT2D eigenvalue weighted by atomic mass is 10.1. The molecule has 1 atom stereocenters. The van der Waals surface area contributed by atoms with E-state index in [0.29, 0.717) is 5.56 Å². The van der Waals surface area contributed by atoms with Gasteiger partial charge in [-0.15, -0.1) is 0 Å². The molecule has 0 radical (unpaired) electrons. The minimum absolute atomic E-state index is 0.667. The number of hydrogen-bond donors (Lipinski definition) is 2. The smallest absolute Gasteiger partial charge is 0.178 e. The van der Waals surface area contributed by atoms with Crippen molar-refractivity contribution in [3.05, 3.63) is 29.8 Å². The SMILES string of the molecule is NC1(O)C=Nc2ccccc21. The summed E-state index contributed by atoms with van der Waals surface area (Å²) >= 11 is 0. The number of nitrogens with two attached hydrogens (primary N) is 1. The highest BCUT2D eigenvalue weighted by Crippen LogP contribution is 2.30. The quantitative estimate of drug-likeness (QED) is 0.526. The van der Waals surface area contributed by atoms with Crippen molar-refractivity contribution in [2.75, 3.05) is 0 Å². The van der Waals surface area contributed by atoms with E-state index in [1.807, 2.05) is 18.2 Å². The van der Waals surface area contributed by atoms with E-state index in [0.717, 1.165) is 5.69 Å². The second-order valence-corrected chi connectivity index (χ2v) is 2.60. The van der Waals surface area contributed by atoms with Crippen LogP contribution in [-0.2, 0) is 5.72 Å². The van der Waals surface area contributed by atoms with E-state index in [2.05, 4.69) is 4.99 Å². The Kier molecular flexibility index (Phi) is 1.13. The molecule has 0 amide bonds. The first-order valence-electron chi connectivity index (χ1n) is 3.36. The zero-order valence-electron chi connectivity index (χ0n) is 5.86. The molecule has 0 spiro atoms. The molecule has 0 saturated carbocycles. The third kappa shape index (κ3) is 0.859. The molecular weight excluding hydrogens is 140 g/mol. The van der Waals surface area contributed by atoms with Gasteiger partial charge in [0, 0.05) is 5.56 Å². The van der Waals surface area contributed by atoms with Gasteiger partial charge in [-0.3, -0.25) is 10.7 Å². The van der Waals surface area contributed by atoms with Gasteiger partial charge in [-0.2, -0.15) is 0 Å². The van der Waals surface area contributed by atoms with Crippen molar-refractivity contribution in [1.29, 1.82) is 0 Å². The Morgan fingerprint density at radius 1 is 1.36 bits per heavy atom. The lowest BCUT2D eigenvalue weighted by Gasteiger charge is -2.13. The van der Waals surface area contributed by atoms with Crippen molar-refractivity contribution in [2.45, 2.75) is 5.72 Å². The fraction of sp³-hybridized carbons (Fsp3) is 0.125. The Hall–Kier alpha value is -1.19. The van der Waals surface area contributed by atoms with Gasteiger partial charge in [0.1, 0.15) is 0 Å². The largest absolute Gasteiger partial charge is 0.367 e. The van der Waals surface area contributed by atoms with Crippen LogP contribution in [0, 0.1) is 0 Å². The first-order valence-corrected chi connectivity index (χ1v) is 3.36. The standard InChI is InChI=1S/C8H8N2O/c9-8(11)5-10-7-4-2-1-3-6(7)8/h1-5,11H,9H2. The molecule has 3 heteroatoms. The zero-order chi connectivity index (χ0) is 7.90. The van der Waals surface area contributed by atoms with Crippen molar-refractivity contribution in [3.63, 3.8) is 0 Å². The minimum atomic E-state index is -1.36. The molecule has 1 heterocycles. The predicted octanol–water partition coefficient (Wildman–Crippen LogP) is 0.506. The van der Waals surface area contributed by atoms with Crippen molar-refractivity contribution >= 4 is 11.9 Å². The third-order valence-corrected chi connectivity index (χ3v) is 1.74. The van der Waals surface area contributed by atoms with E-state index in [-0.39, 0.29) is 0 Å². The molecule has 0 bridgehead atoms. The molecule has 1 aliphatic rings. The maximum absolute atomic E-state index is 9.48. The molecule has 2 rings (SSSR count). The summed E-state index contributed by atoms with van der Waals surface area (Å²) in [4.78, 5) is 3.95. The van der Waals surface area contributed by atoms with Gasteiger partial charge in [0.25, 0.3) is 0 Å². The van der Waals surface area contributed by atoms with Crippen LogP contribution in [0.2, 0.25) is 0 Å². The van der Waals surface area contributed by atoms with Crippen LogP contribution >= 0.6 is 0 Å². The van der Waals surface area contributed by atoms with E-state index < -0.39 is 5.72 Å². The van der Waals surface area contributed by atoms with Gasteiger partial charge in [-0.05, 0) is 6.07 Å². The summed E-state index contributed by atoms with van der Waals surface area (Å²) < 4.78 is 0. The lowest BCUT2D eigenvalue weighted by Crippen LogP contribution is -2.35. The summed E-state index contributed by atoms with van der Waals surface area (Å²) in [6.45, 7) is 0. The minimum Gasteiger partial charge on any atom is -0.367 e. The van der Waals surface area contributed by atoms with Crippen molar-refractivity contribution in [2.24, 2.45) is 10.7 Å². The number of benzene rings is 1. The summed E-state index contributed by atoms with van der Waals surface area (Å²) in [5.41, 5.74) is 5.55. The molecule has 1 aromatic rings. The monoisotopic (exact) mass is 148 g/mol. The molecule has 3 nitrogen and oxygen atoms in total. The van der Waals surface area contributed by atoms with Gasteiger partial charge >= 0.3 is 0 Å². The molecule has 11 heavy (non-hydrogen) atoms. The highest BCUT2D eigenvalue weighted by molar-refractivity contribution is 5.82. The van der Waals surface area contributed by atoms with Crippen LogP contribution < -0.4 is 5.73 Å². The fourth-order valence-corrected chi connectivity index (χ4v) is 1.16. The van der Waals surface area contributed by atoms with Gasteiger partial charge < -0.3 is 5.11 Å². The van der Waals surface area contributed by atoms with E-state index >= 15 is 0 Å². The highest BCUT2D eigenvalue weighted by atomic mass is 16.3. The molecule has 3 N–H and O–H groups in total. The number of nitrogens with zero attached hydrogens (tertiary/aromatic N) is 1. The number of aliphatic hydroxyl groups is 1. The van der Waals surface area contributed by atoms with Crippen LogP contribution in [0.25, 0.3) is 0 Å². The summed E-state index contributed by atoms with van der Waals surface area (Å²) in [6, 6.07) is 7.27. The average molecular weight is 148 g/mol. The maximum atomic E-state index is 9.48. The van der Waals surface area contributed by atoms with Crippen LogP contribution in [0.4, 0.5) is 5.69 Å². The highest BCUT2D eigenvalue weighted by Gasteiger charge is 2.28. The van der Waals surface area contributed by atoms with E-state index in [9.17, 15) is 5.11 Å². The van der Waals surface area contributed by atoms with Crippen LogP contribution in [0.15, 0.2) is 29.3 Å². The van der Waals surface area contributed by atoms with Gasteiger partial charge in [0.15, 0.2) is 5.72 Å². The van der Waals surface area contributed by atoms with E-state index in [1.165, 1.54) is 6.21 Å². The summed E-state index contributed by atoms with van der Waals surface area (Å²) in [5.74, 6) is 0. The maximum Gasteiger partial charge on any atom is 0.178 e. The van der Waals surface area contributed by atoms with E-state index in [4.69, 9.17) is 5.73 Å². The number of para-hydroxylation sites is 1. The Bertz CT molecular complexity index is 318. The Labute approximate surface area is 64.2 Å². The zero-order valence-corrected chi connectivity index (χ0v) is 5.86. The molecule has 0 saturated heterocycles. The molecule has 1 aliphatic heterocycles. The first kappa shape index (κ1) is 6.52. The Morgan fingerprint density at radius 3 is 2.82 bits per heavy atom. The predicted molar refractivity (Wildman–Crippen MR) is 42.7 cm³/mol. The molecular formula is C8H8N2O. The number of aliphatic imine (C=N–C) groups is 1. The van der Waals surface area contributed by atoms with Gasteiger partial charge in [-0.1, -0.05) is 18.2 Å². The van der Waals surface area contributed by atoms with Gasteiger partial charge in [0.05, 0.1) is 11.9 Å². The Balaban J connectivity index is 2.64. The summed E-state index contributed by atoms with van der Waals surface area (Å²) in [5, 5.41) is 9.48. The lowest BCUT2D eigenvalue weighted by molar-refractivity contribution is 0.129. The second-order valence-electron chi connectivity index (χ2n) is 2.60. The van der Waals surface area contributed by atoms with Gasteiger partial charge in [0.2, 0.25) is 0 Å². The van der Waals surface area contributed by atoms with Crippen molar-refractivity contribution in [3.8, 4) is 0 Å². The number of fused-ring (bicyclic) bond motifs is 1. The van der Waals surface area contributed by atoms with Crippen LogP contribution in [-0.4, -0.2) is 11.3 Å².